The summed E-state index contributed by atoms with van der Waals surface area (Å²) in [6.07, 6.45) is 4.27. The molecular formula is C12H17N5. The van der Waals surface area contributed by atoms with Crippen molar-refractivity contribution in [3.05, 3.63) is 24.3 Å². The van der Waals surface area contributed by atoms with Gasteiger partial charge in [-0.05, 0) is 11.5 Å². The molecule has 0 spiro atoms. The summed E-state index contributed by atoms with van der Waals surface area (Å²) in [6, 6.07) is 1.78. The van der Waals surface area contributed by atoms with E-state index in [1.54, 1.807) is 23.1 Å². The lowest BCUT2D eigenvalue weighted by Crippen LogP contribution is -2.13. The Balaban J connectivity index is 2.31. The molecule has 17 heavy (non-hydrogen) atoms. The maximum Gasteiger partial charge on any atom is 0.219 e. The Hall–Kier alpha value is -1.78. The van der Waals surface area contributed by atoms with E-state index in [0.29, 0.717) is 11.6 Å². The number of rotatable bonds is 2. The molecule has 0 saturated carbocycles. The Bertz CT molecular complexity index is 495. The Morgan fingerprint density at radius 2 is 1.76 bits per heavy atom. The zero-order chi connectivity index (χ0) is 12.5. The predicted molar refractivity (Wildman–Crippen MR) is 65.2 cm³/mol. The molecule has 2 aromatic heterocycles. The van der Waals surface area contributed by atoms with Crippen LogP contribution in [0, 0.1) is 5.41 Å². The van der Waals surface area contributed by atoms with E-state index in [4.69, 9.17) is 0 Å². The first-order valence-electron chi connectivity index (χ1n) is 5.63. The van der Waals surface area contributed by atoms with Crippen LogP contribution in [0.15, 0.2) is 18.5 Å². The van der Waals surface area contributed by atoms with E-state index in [9.17, 15) is 0 Å². The summed E-state index contributed by atoms with van der Waals surface area (Å²) in [7, 11) is 1.90. The van der Waals surface area contributed by atoms with Crippen LogP contribution in [-0.2, 0) is 13.5 Å². The summed E-state index contributed by atoms with van der Waals surface area (Å²) in [5.74, 6) is 2.12. The van der Waals surface area contributed by atoms with Gasteiger partial charge in [-0.1, -0.05) is 20.8 Å². The largest absolute Gasteiger partial charge is 0.252 e. The minimum absolute atomic E-state index is 0.190. The van der Waals surface area contributed by atoms with E-state index in [-0.39, 0.29) is 5.41 Å². The van der Waals surface area contributed by atoms with Gasteiger partial charge in [0.25, 0.3) is 0 Å². The molecule has 0 bridgehead atoms. The van der Waals surface area contributed by atoms with Crippen LogP contribution in [0.1, 0.15) is 26.6 Å². The van der Waals surface area contributed by atoms with Gasteiger partial charge in [-0.3, -0.25) is 4.68 Å². The van der Waals surface area contributed by atoms with Crippen LogP contribution >= 0.6 is 0 Å². The van der Waals surface area contributed by atoms with Gasteiger partial charge < -0.3 is 0 Å². The third-order valence-electron chi connectivity index (χ3n) is 2.31. The fraction of sp³-hybridized carbons (Fsp3) is 0.500. The first-order valence-corrected chi connectivity index (χ1v) is 5.63. The summed E-state index contributed by atoms with van der Waals surface area (Å²) < 4.78 is 1.80. The highest BCUT2D eigenvalue weighted by atomic mass is 15.3. The molecule has 0 atom stereocenters. The van der Waals surface area contributed by atoms with Crippen molar-refractivity contribution in [2.24, 2.45) is 12.5 Å². The first-order chi connectivity index (χ1) is 7.96. The van der Waals surface area contributed by atoms with Gasteiger partial charge in [0.1, 0.15) is 5.82 Å². The maximum atomic E-state index is 4.49. The fourth-order valence-electron chi connectivity index (χ4n) is 1.55. The molecule has 0 N–H and O–H groups in total. The van der Waals surface area contributed by atoms with Crippen LogP contribution in [0.5, 0.6) is 0 Å². The molecule has 2 aromatic rings. The highest BCUT2D eigenvalue weighted by Gasteiger charge is 2.17. The molecule has 90 valence electrons. The second-order valence-corrected chi connectivity index (χ2v) is 5.29. The van der Waals surface area contributed by atoms with Crippen molar-refractivity contribution < 1.29 is 0 Å². The first kappa shape index (κ1) is 11.7. The van der Waals surface area contributed by atoms with Crippen LogP contribution in [0.25, 0.3) is 11.6 Å². The van der Waals surface area contributed by atoms with Gasteiger partial charge in [-0.25, -0.2) is 15.0 Å². The van der Waals surface area contributed by atoms with E-state index < -0.39 is 0 Å². The number of aromatic nitrogens is 5. The lowest BCUT2D eigenvalue weighted by molar-refractivity contribution is 0.392. The summed E-state index contributed by atoms with van der Waals surface area (Å²) in [4.78, 5) is 12.8. The lowest BCUT2D eigenvalue weighted by atomic mass is 9.92. The standard InChI is InChI=1S/C12H17N5/c1-12(2,3)8-9-15-11(16-17(9)4)10-13-6-5-7-14-10/h5-7H,8H2,1-4H3. The molecule has 0 aliphatic heterocycles. The van der Waals surface area contributed by atoms with Gasteiger partial charge in [-0.15, -0.1) is 5.10 Å². The minimum Gasteiger partial charge on any atom is -0.252 e. The minimum atomic E-state index is 0.190. The highest BCUT2D eigenvalue weighted by Crippen LogP contribution is 2.20. The summed E-state index contributed by atoms with van der Waals surface area (Å²) in [5, 5.41) is 4.35. The third-order valence-corrected chi connectivity index (χ3v) is 2.31. The quantitative estimate of drug-likeness (QED) is 0.791. The molecule has 0 radical (unpaired) electrons. The molecule has 0 fully saturated rings. The van der Waals surface area contributed by atoms with Crippen LogP contribution in [0.3, 0.4) is 0 Å². The van der Waals surface area contributed by atoms with Crippen LogP contribution in [-0.4, -0.2) is 24.7 Å². The molecule has 5 nitrogen and oxygen atoms in total. The number of hydrogen-bond acceptors (Lipinski definition) is 4. The van der Waals surface area contributed by atoms with Gasteiger partial charge >= 0.3 is 0 Å². The van der Waals surface area contributed by atoms with Crippen molar-refractivity contribution in [3.63, 3.8) is 0 Å². The Morgan fingerprint density at radius 3 is 2.35 bits per heavy atom. The van der Waals surface area contributed by atoms with E-state index in [1.807, 2.05) is 7.05 Å². The van der Waals surface area contributed by atoms with E-state index in [0.717, 1.165) is 12.2 Å². The normalized spacial score (nSPS) is 11.8. The Labute approximate surface area is 101 Å². The van der Waals surface area contributed by atoms with Crippen molar-refractivity contribution >= 4 is 0 Å². The van der Waals surface area contributed by atoms with E-state index in [1.165, 1.54) is 0 Å². The highest BCUT2D eigenvalue weighted by molar-refractivity contribution is 5.41. The predicted octanol–water partition coefficient (Wildman–Crippen LogP) is 1.86. The molecule has 2 heterocycles. The molecular weight excluding hydrogens is 214 g/mol. The molecule has 0 aliphatic carbocycles. The Morgan fingerprint density at radius 1 is 1.12 bits per heavy atom. The van der Waals surface area contributed by atoms with Crippen molar-refractivity contribution in [3.8, 4) is 11.6 Å². The average Bonchev–Trinajstić information content (AvgIpc) is 2.59. The molecule has 0 aromatic carbocycles. The average molecular weight is 231 g/mol. The second-order valence-electron chi connectivity index (χ2n) is 5.29. The van der Waals surface area contributed by atoms with Crippen molar-refractivity contribution in [2.75, 3.05) is 0 Å². The lowest BCUT2D eigenvalue weighted by Gasteiger charge is -2.16. The summed E-state index contributed by atoms with van der Waals surface area (Å²) >= 11 is 0. The topological polar surface area (TPSA) is 56.5 Å². The van der Waals surface area contributed by atoms with Crippen molar-refractivity contribution in [1.82, 2.24) is 24.7 Å². The van der Waals surface area contributed by atoms with E-state index in [2.05, 4.69) is 40.8 Å². The summed E-state index contributed by atoms with van der Waals surface area (Å²) in [5.41, 5.74) is 0.190. The number of aryl methyl sites for hydroxylation is 1. The van der Waals surface area contributed by atoms with Gasteiger partial charge in [0.15, 0.2) is 5.82 Å². The third kappa shape index (κ3) is 2.87. The molecule has 2 rings (SSSR count). The Kier molecular flexibility index (Phi) is 2.92. The SMILES string of the molecule is Cn1nc(-c2ncccn2)nc1CC(C)(C)C. The molecule has 0 unspecified atom stereocenters. The summed E-state index contributed by atoms with van der Waals surface area (Å²) in [6.45, 7) is 6.54. The second kappa shape index (κ2) is 4.24. The zero-order valence-corrected chi connectivity index (χ0v) is 10.7. The van der Waals surface area contributed by atoms with Gasteiger partial charge in [0, 0.05) is 25.9 Å². The maximum absolute atomic E-state index is 4.49. The molecule has 0 aliphatic rings. The van der Waals surface area contributed by atoms with Crippen molar-refractivity contribution in [1.29, 1.82) is 0 Å². The van der Waals surface area contributed by atoms with Crippen LogP contribution < -0.4 is 0 Å². The van der Waals surface area contributed by atoms with Gasteiger partial charge in [0.05, 0.1) is 0 Å². The van der Waals surface area contributed by atoms with Gasteiger partial charge in [-0.2, -0.15) is 0 Å². The smallest absolute Gasteiger partial charge is 0.219 e. The van der Waals surface area contributed by atoms with E-state index >= 15 is 0 Å². The fourth-order valence-corrected chi connectivity index (χ4v) is 1.55. The monoisotopic (exact) mass is 231 g/mol. The number of nitrogens with zero attached hydrogens (tertiary/aromatic N) is 5. The molecule has 0 saturated heterocycles. The number of hydrogen-bond donors (Lipinski definition) is 0. The molecule has 0 amide bonds. The van der Waals surface area contributed by atoms with Gasteiger partial charge in [0.2, 0.25) is 5.82 Å². The van der Waals surface area contributed by atoms with Crippen LogP contribution in [0.2, 0.25) is 0 Å². The van der Waals surface area contributed by atoms with Crippen molar-refractivity contribution in [2.45, 2.75) is 27.2 Å². The zero-order valence-electron chi connectivity index (χ0n) is 10.7. The van der Waals surface area contributed by atoms with Crippen LogP contribution in [0.4, 0.5) is 0 Å². The molecule has 5 heteroatoms.